The summed E-state index contributed by atoms with van der Waals surface area (Å²) in [6, 6.07) is 24.0. The molecule has 0 bridgehead atoms. The number of rotatable bonds is 8. The normalized spacial score (nSPS) is 10.9. The maximum absolute atomic E-state index is 6.07. The Morgan fingerprint density at radius 2 is 1.79 bits per heavy atom. The monoisotopic (exact) mass is 438 g/mol. The van der Waals surface area contributed by atoms with Crippen LogP contribution in [0.3, 0.4) is 0 Å². The van der Waals surface area contributed by atoms with E-state index in [0.717, 1.165) is 28.8 Å². The number of benzene rings is 2. The Labute approximate surface area is 190 Å². The van der Waals surface area contributed by atoms with Crippen molar-refractivity contribution >= 4 is 16.9 Å². The van der Waals surface area contributed by atoms with Crippen molar-refractivity contribution < 1.29 is 4.74 Å². The Morgan fingerprint density at radius 3 is 2.61 bits per heavy atom. The second-order valence-electron chi connectivity index (χ2n) is 7.51. The van der Waals surface area contributed by atoms with Crippen LogP contribution in [0.25, 0.3) is 17.0 Å². The number of fused-ring (bicyclic) bond motifs is 1. The summed E-state index contributed by atoms with van der Waals surface area (Å²) in [5, 5.41) is 15.1. The van der Waals surface area contributed by atoms with Gasteiger partial charge in [0.2, 0.25) is 0 Å². The van der Waals surface area contributed by atoms with Gasteiger partial charge in [0.15, 0.2) is 0 Å². The minimum atomic E-state index is 0.231. The lowest BCUT2D eigenvalue weighted by molar-refractivity contribution is 0.272. The predicted molar refractivity (Wildman–Crippen MR) is 125 cm³/mol. The molecule has 0 saturated heterocycles. The third-order valence-corrected chi connectivity index (χ3v) is 5.05. The lowest BCUT2D eigenvalue weighted by atomic mass is 10.1. The number of ether oxygens (including phenoxy) is 1. The van der Waals surface area contributed by atoms with Crippen molar-refractivity contribution in [1.29, 1.82) is 0 Å². The average Bonchev–Trinajstić information content (AvgIpc) is 3.41. The summed E-state index contributed by atoms with van der Waals surface area (Å²) in [4.78, 5) is 9.27. The largest absolute Gasteiger partial charge is 0.458 e. The SMILES string of the molecule is C=C(Cc1ccccc1)Nc1cccc(COc2nc3ccccc3n2-c2nnnn2C)n1. The van der Waals surface area contributed by atoms with E-state index in [9.17, 15) is 0 Å². The maximum atomic E-state index is 6.07. The molecule has 9 heteroatoms. The fourth-order valence-corrected chi connectivity index (χ4v) is 3.54. The van der Waals surface area contributed by atoms with Crippen molar-refractivity contribution in [3.63, 3.8) is 0 Å². The van der Waals surface area contributed by atoms with Gasteiger partial charge in [-0.3, -0.25) is 0 Å². The van der Waals surface area contributed by atoms with Gasteiger partial charge in [-0.1, -0.05) is 60.2 Å². The van der Waals surface area contributed by atoms with Crippen LogP contribution >= 0.6 is 0 Å². The van der Waals surface area contributed by atoms with Crippen molar-refractivity contribution in [2.45, 2.75) is 13.0 Å². The van der Waals surface area contributed by atoms with Crippen LogP contribution in [0.4, 0.5) is 5.82 Å². The number of aromatic nitrogens is 7. The number of allylic oxidation sites excluding steroid dienone is 1. The highest BCUT2D eigenvalue weighted by molar-refractivity contribution is 5.78. The first-order valence-electron chi connectivity index (χ1n) is 10.4. The van der Waals surface area contributed by atoms with Crippen LogP contribution in [0.1, 0.15) is 11.3 Å². The first-order chi connectivity index (χ1) is 16.2. The van der Waals surface area contributed by atoms with Crippen LogP contribution in [-0.4, -0.2) is 34.7 Å². The molecule has 0 aliphatic heterocycles. The van der Waals surface area contributed by atoms with Gasteiger partial charge >= 0.3 is 6.01 Å². The third kappa shape index (κ3) is 4.42. The highest BCUT2D eigenvalue weighted by Gasteiger charge is 2.18. The quantitative estimate of drug-likeness (QED) is 0.395. The van der Waals surface area contributed by atoms with Crippen molar-refractivity contribution in [1.82, 2.24) is 34.7 Å². The molecule has 0 unspecified atom stereocenters. The summed E-state index contributed by atoms with van der Waals surface area (Å²) in [7, 11) is 1.77. The molecule has 0 saturated carbocycles. The molecule has 5 rings (SSSR count). The van der Waals surface area contributed by atoms with Crippen LogP contribution in [0.2, 0.25) is 0 Å². The highest BCUT2D eigenvalue weighted by atomic mass is 16.5. The van der Waals surface area contributed by atoms with Gasteiger partial charge in [-0.25, -0.2) is 14.2 Å². The van der Waals surface area contributed by atoms with Gasteiger partial charge in [0.05, 0.1) is 16.7 Å². The number of anilines is 1. The van der Waals surface area contributed by atoms with Gasteiger partial charge in [-0.2, -0.15) is 4.98 Å². The van der Waals surface area contributed by atoms with Crippen LogP contribution < -0.4 is 10.1 Å². The number of nitrogens with one attached hydrogen (secondary N) is 1. The number of nitrogens with zero attached hydrogens (tertiary/aromatic N) is 7. The van der Waals surface area contributed by atoms with Crippen molar-refractivity contribution in [2.75, 3.05) is 5.32 Å². The molecule has 1 N–H and O–H groups in total. The molecule has 9 nitrogen and oxygen atoms in total. The minimum absolute atomic E-state index is 0.231. The van der Waals surface area contributed by atoms with E-state index in [4.69, 9.17) is 4.74 Å². The minimum Gasteiger partial charge on any atom is -0.458 e. The van der Waals surface area contributed by atoms with Gasteiger partial charge < -0.3 is 10.1 Å². The summed E-state index contributed by atoms with van der Waals surface area (Å²) >= 11 is 0. The van der Waals surface area contributed by atoms with Gasteiger partial charge in [0, 0.05) is 19.2 Å². The number of para-hydroxylation sites is 2. The molecule has 0 amide bonds. The highest BCUT2D eigenvalue weighted by Crippen LogP contribution is 2.25. The molecule has 0 atom stereocenters. The lowest BCUT2D eigenvalue weighted by Crippen LogP contribution is -2.09. The van der Waals surface area contributed by atoms with Gasteiger partial charge in [-0.15, -0.1) is 0 Å². The molecule has 0 aliphatic carbocycles. The molecule has 3 aromatic heterocycles. The number of hydrogen-bond donors (Lipinski definition) is 1. The third-order valence-electron chi connectivity index (χ3n) is 5.05. The zero-order chi connectivity index (χ0) is 22.6. The molecule has 0 radical (unpaired) electrons. The summed E-state index contributed by atoms with van der Waals surface area (Å²) in [6.45, 7) is 4.36. The number of aryl methyl sites for hydroxylation is 1. The van der Waals surface area contributed by atoms with Gasteiger partial charge in [0.25, 0.3) is 5.95 Å². The topological polar surface area (TPSA) is 95.6 Å². The zero-order valence-corrected chi connectivity index (χ0v) is 18.1. The molecule has 33 heavy (non-hydrogen) atoms. The van der Waals surface area contributed by atoms with Crippen molar-refractivity contribution in [2.24, 2.45) is 7.05 Å². The Hall–Kier alpha value is -4.53. The van der Waals surface area contributed by atoms with E-state index in [1.807, 2.05) is 60.7 Å². The van der Waals surface area contributed by atoms with E-state index >= 15 is 0 Å². The van der Waals surface area contributed by atoms with E-state index in [1.54, 1.807) is 16.3 Å². The number of pyridine rings is 1. The van der Waals surface area contributed by atoms with E-state index in [2.05, 4.69) is 49.5 Å². The number of tetrazole rings is 1. The molecule has 5 aromatic rings. The first kappa shape index (κ1) is 20.4. The smallest absolute Gasteiger partial charge is 0.305 e. The molecule has 164 valence electrons. The molecule has 0 aliphatic rings. The fraction of sp³-hybridized carbons (Fsp3) is 0.125. The van der Waals surface area contributed by atoms with E-state index in [-0.39, 0.29) is 6.61 Å². The van der Waals surface area contributed by atoms with Crippen molar-refractivity contribution in [3.05, 3.63) is 96.3 Å². The van der Waals surface area contributed by atoms with Crippen molar-refractivity contribution in [3.8, 4) is 12.0 Å². The summed E-state index contributed by atoms with van der Waals surface area (Å²) < 4.78 is 9.44. The molecular weight excluding hydrogens is 416 g/mol. The Bertz CT molecular complexity index is 1410. The maximum Gasteiger partial charge on any atom is 0.305 e. The first-order valence-corrected chi connectivity index (χ1v) is 10.4. The predicted octanol–water partition coefficient (Wildman–Crippen LogP) is 3.69. The molecule has 0 spiro atoms. The Balaban J connectivity index is 1.33. The molecule has 2 aromatic carbocycles. The Morgan fingerprint density at radius 1 is 0.970 bits per heavy atom. The lowest BCUT2D eigenvalue weighted by Gasteiger charge is -2.11. The second-order valence-corrected chi connectivity index (χ2v) is 7.51. The van der Waals surface area contributed by atoms with Crippen LogP contribution in [0.15, 0.2) is 85.1 Å². The van der Waals surface area contributed by atoms with Gasteiger partial charge in [-0.05, 0) is 40.3 Å². The van der Waals surface area contributed by atoms with E-state index in [0.29, 0.717) is 17.8 Å². The molecule has 0 fully saturated rings. The van der Waals surface area contributed by atoms with Gasteiger partial charge in [0.1, 0.15) is 12.4 Å². The van der Waals surface area contributed by atoms with Crippen LogP contribution in [0, 0.1) is 0 Å². The second kappa shape index (κ2) is 8.91. The Kier molecular flexibility index (Phi) is 5.50. The average molecular weight is 438 g/mol. The summed E-state index contributed by atoms with van der Waals surface area (Å²) in [5.74, 6) is 1.22. The number of imidazole rings is 1. The molecular formula is C24H22N8O. The fourth-order valence-electron chi connectivity index (χ4n) is 3.54. The summed E-state index contributed by atoms with van der Waals surface area (Å²) in [5.41, 5.74) is 4.44. The van der Waals surface area contributed by atoms with Crippen LogP contribution in [-0.2, 0) is 20.1 Å². The van der Waals surface area contributed by atoms with E-state index < -0.39 is 0 Å². The van der Waals surface area contributed by atoms with Crippen LogP contribution in [0.5, 0.6) is 6.01 Å². The zero-order valence-electron chi connectivity index (χ0n) is 18.1. The molecule has 3 heterocycles. The standard InChI is InChI=1S/C24H22N8O/c1-17(15-18-9-4-3-5-10-18)25-22-14-8-11-19(26-22)16-33-24-27-20-12-6-7-13-21(20)32(24)23-28-29-30-31(23)2/h3-14H,1,15-16H2,2H3,(H,25,26). The summed E-state index contributed by atoms with van der Waals surface area (Å²) in [6.07, 6.45) is 0.721. The number of hydrogen-bond acceptors (Lipinski definition) is 7. The van der Waals surface area contributed by atoms with E-state index in [1.165, 1.54) is 5.56 Å².